The van der Waals surface area contributed by atoms with Gasteiger partial charge in [-0.1, -0.05) is 0 Å². The minimum Gasteiger partial charge on any atom is -0.349 e. The second kappa shape index (κ2) is 4.28. The summed E-state index contributed by atoms with van der Waals surface area (Å²) in [6.07, 6.45) is 2.66. The van der Waals surface area contributed by atoms with E-state index >= 15 is 0 Å². The first kappa shape index (κ1) is 11.8. The quantitative estimate of drug-likeness (QED) is 0.689. The Morgan fingerprint density at radius 1 is 1.40 bits per heavy atom. The molecule has 5 nitrogen and oxygen atoms in total. The molecule has 0 spiro atoms. The fourth-order valence-corrected chi connectivity index (χ4v) is 3.90. The highest BCUT2D eigenvalue weighted by Gasteiger charge is 2.27. The van der Waals surface area contributed by atoms with E-state index in [0.717, 1.165) is 24.5 Å². The number of thiophene rings is 1. The molecule has 3 aromatic heterocycles. The summed E-state index contributed by atoms with van der Waals surface area (Å²) in [5.41, 5.74) is 2.41. The summed E-state index contributed by atoms with van der Waals surface area (Å²) in [6.45, 7) is 5.26. The van der Waals surface area contributed by atoms with Gasteiger partial charge in [0.1, 0.15) is 12.1 Å². The molecule has 0 saturated heterocycles. The van der Waals surface area contributed by atoms with Gasteiger partial charge in [0.2, 0.25) is 0 Å². The van der Waals surface area contributed by atoms with Gasteiger partial charge in [0, 0.05) is 23.2 Å². The number of aryl methyl sites for hydroxylation is 1. The number of nitrogens with zero attached hydrogens (tertiary/aromatic N) is 5. The standard InChI is InChI=1S/C14H15N5S/c1-9-7-13(19-14(17-9)15-8-16-19)18-5-3-12-11(10(18)2)4-6-20-12/h4,6-8,10H,3,5H2,1-2H3. The molecule has 1 aliphatic heterocycles. The predicted octanol–water partition coefficient (Wildman–Crippen LogP) is 2.62. The fourth-order valence-electron chi connectivity index (χ4n) is 2.94. The maximum atomic E-state index is 4.42. The largest absolute Gasteiger partial charge is 0.349 e. The van der Waals surface area contributed by atoms with Crippen molar-refractivity contribution in [1.82, 2.24) is 19.6 Å². The highest BCUT2D eigenvalue weighted by molar-refractivity contribution is 7.10. The first-order chi connectivity index (χ1) is 9.74. The monoisotopic (exact) mass is 285 g/mol. The van der Waals surface area contributed by atoms with E-state index < -0.39 is 0 Å². The number of hydrogen-bond acceptors (Lipinski definition) is 5. The van der Waals surface area contributed by atoms with Crippen molar-refractivity contribution in [3.05, 3.63) is 40.0 Å². The van der Waals surface area contributed by atoms with Crippen molar-refractivity contribution < 1.29 is 0 Å². The Kier molecular flexibility index (Phi) is 2.53. The molecular weight excluding hydrogens is 270 g/mol. The van der Waals surface area contributed by atoms with Gasteiger partial charge in [-0.3, -0.25) is 0 Å². The topological polar surface area (TPSA) is 46.3 Å². The van der Waals surface area contributed by atoms with Gasteiger partial charge in [-0.25, -0.2) is 4.98 Å². The summed E-state index contributed by atoms with van der Waals surface area (Å²) < 4.78 is 1.83. The molecule has 3 aromatic rings. The molecule has 0 bridgehead atoms. The third kappa shape index (κ3) is 1.64. The predicted molar refractivity (Wildman–Crippen MR) is 79.3 cm³/mol. The van der Waals surface area contributed by atoms with E-state index in [-0.39, 0.29) is 0 Å². The highest BCUT2D eigenvalue weighted by Crippen LogP contribution is 2.35. The van der Waals surface area contributed by atoms with Crippen LogP contribution in [0.2, 0.25) is 0 Å². The van der Waals surface area contributed by atoms with E-state index in [1.54, 1.807) is 6.33 Å². The third-order valence-electron chi connectivity index (χ3n) is 3.93. The SMILES string of the molecule is Cc1cc(N2CCc3sccc3C2C)n2ncnc2n1. The van der Waals surface area contributed by atoms with Gasteiger partial charge in [-0.2, -0.15) is 14.6 Å². The number of fused-ring (bicyclic) bond motifs is 2. The van der Waals surface area contributed by atoms with E-state index in [9.17, 15) is 0 Å². The summed E-state index contributed by atoms with van der Waals surface area (Å²) in [6, 6.07) is 4.69. The van der Waals surface area contributed by atoms with Crippen LogP contribution in [-0.4, -0.2) is 26.1 Å². The average molecular weight is 285 g/mol. The molecule has 4 rings (SSSR count). The van der Waals surface area contributed by atoms with Crippen molar-refractivity contribution in [1.29, 1.82) is 0 Å². The Morgan fingerprint density at radius 2 is 2.30 bits per heavy atom. The van der Waals surface area contributed by atoms with Crippen LogP contribution in [0.3, 0.4) is 0 Å². The van der Waals surface area contributed by atoms with Gasteiger partial charge < -0.3 is 4.90 Å². The van der Waals surface area contributed by atoms with E-state index in [1.807, 2.05) is 22.8 Å². The Balaban J connectivity index is 1.86. The molecular formula is C14H15N5S. The normalized spacial score (nSPS) is 18.5. The molecule has 6 heteroatoms. The molecule has 0 amide bonds. The Labute approximate surface area is 120 Å². The lowest BCUT2D eigenvalue weighted by atomic mass is 10.0. The highest BCUT2D eigenvalue weighted by atomic mass is 32.1. The Hall–Kier alpha value is -1.95. The maximum absolute atomic E-state index is 4.42. The van der Waals surface area contributed by atoms with Crippen LogP contribution in [0.5, 0.6) is 0 Å². The lowest BCUT2D eigenvalue weighted by Crippen LogP contribution is -2.34. The van der Waals surface area contributed by atoms with E-state index in [0.29, 0.717) is 11.8 Å². The average Bonchev–Trinajstić information content (AvgIpc) is 3.06. The van der Waals surface area contributed by atoms with Crippen LogP contribution < -0.4 is 4.90 Å². The Bertz CT molecular complexity index is 775. The minimum atomic E-state index is 0.360. The van der Waals surface area contributed by atoms with Gasteiger partial charge in [-0.05, 0) is 37.3 Å². The van der Waals surface area contributed by atoms with E-state index in [2.05, 4.69) is 44.4 Å². The van der Waals surface area contributed by atoms with E-state index in [1.165, 1.54) is 10.4 Å². The smallest absolute Gasteiger partial charge is 0.254 e. The zero-order chi connectivity index (χ0) is 13.7. The molecule has 102 valence electrons. The molecule has 4 heterocycles. The van der Waals surface area contributed by atoms with Crippen LogP contribution in [0, 0.1) is 6.92 Å². The molecule has 20 heavy (non-hydrogen) atoms. The van der Waals surface area contributed by atoms with Crippen molar-refractivity contribution >= 4 is 22.9 Å². The molecule has 0 aromatic carbocycles. The first-order valence-corrected chi connectivity index (χ1v) is 7.62. The number of aromatic nitrogens is 4. The van der Waals surface area contributed by atoms with Crippen molar-refractivity contribution in [3.8, 4) is 0 Å². The third-order valence-corrected chi connectivity index (χ3v) is 4.93. The second-order valence-electron chi connectivity index (χ2n) is 5.15. The van der Waals surface area contributed by atoms with Crippen molar-refractivity contribution in [2.24, 2.45) is 0 Å². The lowest BCUT2D eigenvalue weighted by Gasteiger charge is -2.35. The van der Waals surface area contributed by atoms with Gasteiger partial charge in [-0.15, -0.1) is 11.3 Å². The van der Waals surface area contributed by atoms with Crippen molar-refractivity contribution in [2.75, 3.05) is 11.4 Å². The zero-order valence-corrected chi connectivity index (χ0v) is 12.3. The molecule has 0 radical (unpaired) electrons. The van der Waals surface area contributed by atoms with Crippen LogP contribution in [0.15, 0.2) is 23.8 Å². The summed E-state index contributed by atoms with van der Waals surface area (Å²) in [7, 11) is 0. The maximum Gasteiger partial charge on any atom is 0.254 e. The van der Waals surface area contributed by atoms with Gasteiger partial charge >= 0.3 is 0 Å². The number of anilines is 1. The molecule has 1 unspecified atom stereocenters. The zero-order valence-electron chi connectivity index (χ0n) is 11.4. The number of rotatable bonds is 1. The first-order valence-electron chi connectivity index (χ1n) is 6.74. The van der Waals surface area contributed by atoms with Crippen molar-refractivity contribution in [2.45, 2.75) is 26.3 Å². The molecule has 1 atom stereocenters. The van der Waals surface area contributed by atoms with Crippen LogP contribution in [0.4, 0.5) is 5.82 Å². The second-order valence-corrected chi connectivity index (χ2v) is 6.15. The molecule has 0 fully saturated rings. The molecule has 0 aliphatic carbocycles. The fraction of sp³-hybridized carbons (Fsp3) is 0.357. The summed E-state index contributed by atoms with van der Waals surface area (Å²) in [5.74, 6) is 1.75. The lowest BCUT2D eigenvalue weighted by molar-refractivity contribution is 0.614. The van der Waals surface area contributed by atoms with Gasteiger partial charge in [0.25, 0.3) is 5.78 Å². The van der Waals surface area contributed by atoms with Crippen LogP contribution in [-0.2, 0) is 6.42 Å². The number of hydrogen-bond donors (Lipinski definition) is 0. The Morgan fingerprint density at radius 3 is 3.20 bits per heavy atom. The van der Waals surface area contributed by atoms with Crippen LogP contribution >= 0.6 is 11.3 Å². The summed E-state index contributed by atoms with van der Waals surface area (Å²) in [5, 5.41) is 6.51. The molecule has 0 saturated carbocycles. The minimum absolute atomic E-state index is 0.360. The molecule has 0 N–H and O–H groups in total. The summed E-state index contributed by atoms with van der Waals surface area (Å²) in [4.78, 5) is 12.5. The van der Waals surface area contributed by atoms with Crippen molar-refractivity contribution in [3.63, 3.8) is 0 Å². The molecule has 1 aliphatic rings. The summed E-state index contributed by atoms with van der Waals surface area (Å²) >= 11 is 1.86. The van der Waals surface area contributed by atoms with E-state index in [4.69, 9.17) is 0 Å². The van der Waals surface area contributed by atoms with Gasteiger partial charge in [0.05, 0.1) is 6.04 Å². The van der Waals surface area contributed by atoms with Crippen LogP contribution in [0.1, 0.15) is 29.1 Å². The van der Waals surface area contributed by atoms with Crippen LogP contribution in [0.25, 0.3) is 5.78 Å². The van der Waals surface area contributed by atoms with Gasteiger partial charge in [0.15, 0.2) is 0 Å².